The maximum Gasteiger partial charge on any atom is 0.227 e. The number of hydrogen-bond donors (Lipinski definition) is 1. The molecule has 0 radical (unpaired) electrons. The van der Waals surface area contributed by atoms with E-state index in [1.807, 2.05) is 48.9 Å². The number of amides is 1. The van der Waals surface area contributed by atoms with Gasteiger partial charge in [0.25, 0.3) is 0 Å². The van der Waals surface area contributed by atoms with Crippen molar-refractivity contribution >= 4 is 11.6 Å². The molecular weight excluding hydrogens is 238 g/mol. The van der Waals surface area contributed by atoms with Gasteiger partial charge in [-0.2, -0.15) is 0 Å². The Morgan fingerprint density at radius 2 is 2.32 bits per heavy atom. The summed E-state index contributed by atoms with van der Waals surface area (Å²) < 4.78 is 2.00. The summed E-state index contributed by atoms with van der Waals surface area (Å²) in [4.78, 5) is 15.9. The molecule has 4 nitrogen and oxygen atoms in total. The summed E-state index contributed by atoms with van der Waals surface area (Å²) in [6.45, 7) is 4.71. The van der Waals surface area contributed by atoms with Crippen molar-refractivity contribution in [2.24, 2.45) is 5.92 Å². The number of carbonyl (C=O) groups is 1. The third-order valence-corrected chi connectivity index (χ3v) is 3.18. The Morgan fingerprint density at radius 1 is 1.47 bits per heavy atom. The van der Waals surface area contributed by atoms with E-state index in [2.05, 4.69) is 10.3 Å². The highest BCUT2D eigenvalue weighted by molar-refractivity contribution is 5.92. The first-order valence-electron chi connectivity index (χ1n) is 6.54. The Morgan fingerprint density at radius 3 is 3.00 bits per heavy atom. The van der Waals surface area contributed by atoms with Crippen LogP contribution in [0.1, 0.15) is 25.8 Å². The van der Waals surface area contributed by atoms with Gasteiger partial charge in [-0.1, -0.05) is 26.0 Å². The molecule has 0 saturated heterocycles. The lowest BCUT2D eigenvalue weighted by molar-refractivity contribution is -0.119. The fraction of sp³-hybridized carbons (Fsp3) is 0.333. The predicted molar refractivity (Wildman–Crippen MR) is 75.9 cm³/mol. The summed E-state index contributed by atoms with van der Waals surface area (Å²) in [5, 5.41) is 2.95. The van der Waals surface area contributed by atoms with E-state index >= 15 is 0 Å². The zero-order valence-electron chi connectivity index (χ0n) is 11.3. The van der Waals surface area contributed by atoms with Crippen LogP contribution in [0.25, 0.3) is 0 Å². The molecule has 0 aliphatic rings. The molecule has 0 fully saturated rings. The Hall–Kier alpha value is -2.10. The molecule has 100 valence electrons. The van der Waals surface area contributed by atoms with Crippen LogP contribution in [0.5, 0.6) is 0 Å². The highest BCUT2D eigenvalue weighted by Crippen LogP contribution is 2.14. The van der Waals surface area contributed by atoms with Gasteiger partial charge in [-0.3, -0.25) is 4.79 Å². The number of nitrogens with one attached hydrogen (secondary N) is 1. The normalized spacial score (nSPS) is 12.1. The van der Waals surface area contributed by atoms with Crippen LogP contribution in [0.2, 0.25) is 0 Å². The molecule has 1 aromatic heterocycles. The second kappa shape index (κ2) is 6.18. The standard InChI is InChI=1S/C15H19N3O/c1-3-12(2)15(19)17-14-6-4-5-13(9-14)10-18-8-7-16-11-18/h4-9,11-12H,3,10H2,1-2H3,(H,17,19)/t12-/m0/s1. The lowest BCUT2D eigenvalue weighted by atomic mass is 10.1. The molecule has 1 atom stereocenters. The van der Waals surface area contributed by atoms with Crippen molar-refractivity contribution in [2.45, 2.75) is 26.8 Å². The lowest BCUT2D eigenvalue weighted by Crippen LogP contribution is -2.19. The SMILES string of the molecule is CC[C@H](C)C(=O)Nc1cccc(Cn2ccnc2)c1. The fourth-order valence-corrected chi connectivity index (χ4v) is 1.79. The average Bonchev–Trinajstić information content (AvgIpc) is 2.91. The molecule has 2 rings (SSSR count). The van der Waals surface area contributed by atoms with E-state index in [0.29, 0.717) is 0 Å². The van der Waals surface area contributed by atoms with Crippen molar-refractivity contribution in [3.8, 4) is 0 Å². The van der Waals surface area contributed by atoms with Gasteiger partial charge in [0, 0.05) is 30.5 Å². The van der Waals surface area contributed by atoms with Crippen LogP contribution in [0.3, 0.4) is 0 Å². The number of anilines is 1. The number of aromatic nitrogens is 2. The van der Waals surface area contributed by atoms with Gasteiger partial charge in [0.1, 0.15) is 0 Å². The number of nitrogens with zero attached hydrogens (tertiary/aromatic N) is 2. The van der Waals surface area contributed by atoms with Crippen molar-refractivity contribution in [2.75, 3.05) is 5.32 Å². The van der Waals surface area contributed by atoms with Crippen LogP contribution in [0, 0.1) is 5.92 Å². The second-order valence-corrected chi connectivity index (χ2v) is 4.73. The minimum absolute atomic E-state index is 0.0392. The number of rotatable bonds is 5. The van der Waals surface area contributed by atoms with E-state index in [4.69, 9.17) is 0 Å². The van der Waals surface area contributed by atoms with Crippen LogP contribution < -0.4 is 5.32 Å². The van der Waals surface area contributed by atoms with E-state index < -0.39 is 0 Å². The third-order valence-electron chi connectivity index (χ3n) is 3.18. The van der Waals surface area contributed by atoms with Gasteiger partial charge in [0.15, 0.2) is 0 Å². The van der Waals surface area contributed by atoms with Crippen LogP contribution in [-0.4, -0.2) is 15.5 Å². The van der Waals surface area contributed by atoms with Gasteiger partial charge < -0.3 is 9.88 Å². The zero-order chi connectivity index (χ0) is 13.7. The number of imidazole rings is 1. The van der Waals surface area contributed by atoms with Gasteiger partial charge >= 0.3 is 0 Å². The zero-order valence-corrected chi connectivity index (χ0v) is 11.3. The molecular formula is C15H19N3O. The smallest absolute Gasteiger partial charge is 0.227 e. The van der Waals surface area contributed by atoms with Crippen LogP contribution in [-0.2, 0) is 11.3 Å². The molecule has 4 heteroatoms. The first-order chi connectivity index (χ1) is 9.19. The van der Waals surface area contributed by atoms with Crippen molar-refractivity contribution in [3.05, 3.63) is 48.5 Å². The highest BCUT2D eigenvalue weighted by Gasteiger charge is 2.10. The van der Waals surface area contributed by atoms with Crippen molar-refractivity contribution in [3.63, 3.8) is 0 Å². The highest BCUT2D eigenvalue weighted by atomic mass is 16.1. The third kappa shape index (κ3) is 3.68. The number of carbonyl (C=O) groups excluding carboxylic acids is 1. The summed E-state index contributed by atoms with van der Waals surface area (Å²) in [5.74, 6) is 0.111. The summed E-state index contributed by atoms with van der Waals surface area (Å²) in [6, 6.07) is 7.91. The first kappa shape index (κ1) is 13.3. The topological polar surface area (TPSA) is 46.9 Å². The Bertz CT molecular complexity index is 534. The minimum atomic E-state index is 0.0392. The van der Waals surface area contributed by atoms with E-state index in [9.17, 15) is 4.79 Å². The number of benzene rings is 1. The Balaban J connectivity index is 2.05. The Labute approximate surface area is 113 Å². The monoisotopic (exact) mass is 257 g/mol. The van der Waals surface area contributed by atoms with Gasteiger partial charge in [0.2, 0.25) is 5.91 Å². The van der Waals surface area contributed by atoms with Crippen LogP contribution in [0.4, 0.5) is 5.69 Å². The molecule has 0 unspecified atom stereocenters. The quantitative estimate of drug-likeness (QED) is 0.895. The van der Waals surface area contributed by atoms with Gasteiger partial charge in [-0.25, -0.2) is 4.98 Å². The molecule has 1 amide bonds. The summed E-state index contributed by atoms with van der Waals surface area (Å²) >= 11 is 0. The lowest BCUT2D eigenvalue weighted by Gasteiger charge is -2.11. The minimum Gasteiger partial charge on any atom is -0.333 e. The first-order valence-corrected chi connectivity index (χ1v) is 6.54. The summed E-state index contributed by atoms with van der Waals surface area (Å²) in [6.07, 6.45) is 6.31. The van der Waals surface area contributed by atoms with Crippen molar-refractivity contribution in [1.82, 2.24) is 9.55 Å². The molecule has 0 bridgehead atoms. The summed E-state index contributed by atoms with van der Waals surface area (Å²) in [7, 11) is 0. The maximum absolute atomic E-state index is 11.8. The molecule has 1 N–H and O–H groups in total. The molecule has 0 saturated carbocycles. The van der Waals surface area contributed by atoms with E-state index in [1.165, 1.54) is 0 Å². The maximum atomic E-state index is 11.8. The van der Waals surface area contributed by atoms with Gasteiger partial charge in [-0.05, 0) is 24.1 Å². The largest absolute Gasteiger partial charge is 0.333 e. The Kier molecular flexibility index (Phi) is 4.34. The number of hydrogen-bond acceptors (Lipinski definition) is 2. The van der Waals surface area contributed by atoms with E-state index in [1.54, 1.807) is 12.5 Å². The van der Waals surface area contributed by atoms with Crippen molar-refractivity contribution < 1.29 is 4.79 Å². The molecule has 0 aliphatic heterocycles. The van der Waals surface area contributed by atoms with Gasteiger partial charge in [0.05, 0.1) is 6.33 Å². The molecule has 19 heavy (non-hydrogen) atoms. The van der Waals surface area contributed by atoms with Crippen LogP contribution in [0.15, 0.2) is 43.0 Å². The molecule has 2 aromatic rings. The predicted octanol–water partition coefficient (Wildman–Crippen LogP) is 2.92. The summed E-state index contributed by atoms with van der Waals surface area (Å²) in [5.41, 5.74) is 1.99. The fourth-order valence-electron chi connectivity index (χ4n) is 1.79. The molecule has 0 aliphatic carbocycles. The molecule has 1 aromatic carbocycles. The molecule has 1 heterocycles. The van der Waals surface area contributed by atoms with E-state index in [0.717, 1.165) is 24.2 Å². The van der Waals surface area contributed by atoms with Gasteiger partial charge in [-0.15, -0.1) is 0 Å². The van der Waals surface area contributed by atoms with Crippen molar-refractivity contribution in [1.29, 1.82) is 0 Å². The average molecular weight is 257 g/mol. The second-order valence-electron chi connectivity index (χ2n) is 4.73. The van der Waals surface area contributed by atoms with E-state index in [-0.39, 0.29) is 11.8 Å². The van der Waals surface area contributed by atoms with Crippen LogP contribution >= 0.6 is 0 Å². The molecule has 0 spiro atoms.